The minimum Gasteiger partial charge on any atom is -0.444 e. The van der Waals surface area contributed by atoms with Crippen LogP contribution in [-0.2, 0) is 38.1 Å². The largest absolute Gasteiger partial charge is 0.444 e. The molecule has 0 rings (SSSR count). The van der Waals surface area contributed by atoms with Gasteiger partial charge in [-0.15, -0.1) is 0 Å². The Morgan fingerprint density at radius 2 is 1.44 bits per heavy atom. The number of hydrogen-bond acceptors (Lipinski definition) is 10. The maximum absolute atomic E-state index is 11.8. The van der Waals surface area contributed by atoms with Crippen LogP contribution >= 0.6 is 0 Å². The van der Waals surface area contributed by atoms with Gasteiger partial charge in [-0.05, 0) is 6.42 Å². The van der Waals surface area contributed by atoms with Gasteiger partial charge in [0.05, 0.1) is 39.1 Å². The molecule has 0 heterocycles. The van der Waals surface area contributed by atoms with Crippen LogP contribution in [0.3, 0.4) is 0 Å². The molecule has 14 nitrogen and oxygen atoms in total. The Hall–Kier alpha value is -2.52. The molecule has 0 fully saturated rings. The Bertz CT molecular complexity index is 620. The van der Waals surface area contributed by atoms with Crippen LogP contribution in [0.4, 0.5) is 4.79 Å². The first-order chi connectivity index (χ1) is 17.3. The van der Waals surface area contributed by atoms with E-state index in [-0.39, 0.29) is 70.0 Å². The molecule has 0 saturated carbocycles. The number of carbonyl (C=O) groups excluding carboxylic acids is 4. The summed E-state index contributed by atoms with van der Waals surface area (Å²) in [7, 11) is 1.40. The lowest BCUT2D eigenvalue weighted by molar-refractivity contribution is -0.181. The Morgan fingerprint density at radius 1 is 0.806 bits per heavy atom. The Labute approximate surface area is 212 Å². The number of methoxy groups -OCH3 is 1. The van der Waals surface area contributed by atoms with Crippen molar-refractivity contribution in [2.75, 3.05) is 72.9 Å². The molecule has 4 amide bonds. The van der Waals surface area contributed by atoms with Crippen molar-refractivity contribution in [2.45, 2.75) is 45.5 Å². The molecule has 0 aliphatic heterocycles. The number of aliphatic hydroxyl groups is 1. The minimum atomic E-state index is -0.806. The number of hydrogen-bond donors (Lipinski definition) is 5. The lowest BCUT2D eigenvalue weighted by Gasteiger charge is -2.21. The van der Waals surface area contributed by atoms with Gasteiger partial charge in [0, 0.05) is 53.1 Å². The molecule has 0 aromatic rings. The first-order valence-corrected chi connectivity index (χ1v) is 11.9. The average Bonchev–Trinajstić information content (AvgIpc) is 2.85. The summed E-state index contributed by atoms with van der Waals surface area (Å²) in [6.07, 6.45) is -1.15. The summed E-state index contributed by atoms with van der Waals surface area (Å²) in [5.74, 6) is -0.611. The topological polar surface area (TPSA) is 183 Å². The molecule has 14 heteroatoms. The standard InChI is InChI=1S/C22H42N4O10/c1-4-18(15-27)36-21(32-3)16-35-22(31)26-7-5-19(29)24-8-9-25-20(30)6-11-33-13-14-34-12-10-23-17(2)28/h18,21,27H,4-16H2,1-3H3,(H,23,28)(H,24,29)(H,25,30)(H,26,31). The van der Waals surface area contributed by atoms with E-state index in [4.69, 9.17) is 28.8 Å². The van der Waals surface area contributed by atoms with E-state index in [1.54, 1.807) is 0 Å². The molecule has 5 N–H and O–H groups in total. The summed E-state index contributed by atoms with van der Waals surface area (Å²) in [4.78, 5) is 45.9. The van der Waals surface area contributed by atoms with Crippen LogP contribution in [0.1, 0.15) is 33.1 Å². The summed E-state index contributed by atoms with van der Waals surface area (Å²) < 4.78 is 26.0. The van der Waals surface area contributed by atoms with Crippen molar-refractivity contribution < 1.29 is 48.0 Å². The second-order valence-corrected chi connectivity index (χ2v) is 7.45. The van der Waals surface area contributed by atoms with Crippen molar-refractivity contribution in [2.24, 2.45) is 0 Å². The predicted octanol–water partition coefficient (Wildman–Crippen LogP) is -1.35. The minimum absolute atomic E-state index is 0.0381. The number of alkyl carbamates (subject to hydrolysis) is 1. The molecule has 2 unspecified atom stereocenters. The fourth-order valence-electron chi connectivity index (χ4n) is 2.49. The second kappa shape index (κ2) is 22.9. The van der Waals surface area contributed by atoms with Gasteiger partial charge in [-0.3, -0.25) is 14.4 Å². The molecule has 0 aliphatic rings. The van der Waals surface area contributed by atoms with E-state index < -0.39 is 18.5 Å². The molecule has 0 saturated heterocycles. The van der Waals surface area contributed by atoms with Crippen molar-refractivity contribution in [1.82, 2.24) is 21.3 Å². The highest BCUT2D eigenvalue weighted by Crippen LogP contribution is 2.04. The quantitative estimate of drug-likeness (QED) is 0.0842. The van der Waals surface area contributed by atoms with Gasteiger partial charge in [-0.2, -0.15) is 0 Å². The number of rotatable bonds is 22. The van der Waals surface area contributed by atoms with E-state index in [0.29, 0.717) is 32.8 Å². The molecule has 210 valence electrons. The molecule has 0 radical (unpaired) electrons. The van der Waals surface area contributed by atoms with E-state index in [9.17, 15) is 19.2 Å². The highest BCUT2D eigenvalue weighted by Gasteiger charge is 2.16. The molecule has 2 atom stereocenters. The van der Waals surface area contributed by atoms with Crippen LogP contribution in [0.15, 0.2) is 0 Å². The van der Waals surface area contributed by atoms with Gasteiger partial charge in [0.15, 0.2) is 6.29 Å². The average molecular weight is 523 g/mol. The third-order valence-corrected chi connectivity index (χ3v) is 4.47. The number of ether oxygens (including phenoxy) is 5. The normalized spacial score (nSPS) is 12.3. The van der Waals surface area contributed by atoms with E-state index in [1.165, 1.54) is 14.0 Å². The maximum Gasteiger partial charge on any atom is 0.407 e. The van der Waals surface area contributed by atoms with Crippen molar-refractivity contribution in [3.8, 4) is 0 Å². The smallest absolute Gasteiger partial charge is 0.407 e. The summed E-state index contributed by atoms with van der Waals surface area (Å²) >= 11 is 0. The molecule has 0 spiro atoms. The zero-order chi connectivity index (χ0) is 27.0. The van der Waals surface area contributed by atoms with Crippen LogP contribution in [-0.4, -0.2) is 114 Å². The van der Waals surface area contributed by atoms with Crippen LogP contribution in [0, 0.1) is 0 Å². The monoisotopic (exact) mass is 522 g/mol. The van der Waals surface area contributed by atoms with Gasteiger partial charge in [-0.1, -0.05) is 6.92 Å². The highest BCUT2D eigenvalue weighted by atomic mass is 16.7. The van der Waals surface area contributed by atoms with E-state index in [0.717, 1.165) is 0 Å². The van der Waals surface area contributed by atoms with Gasteiger partial charge in [0.25, 0.3) is 0 Å². The van der Waals surface area contributed by atoms with Crippen molar-refractivity contribution >= 4 is 23.8 Å². The third kappa shape index (κ3) is 20.8. The molecule has 0 aromatic carbocycles. The number of amides is 4. The Balaban J connectivity index is 3.65. The summed E-state index contributed by atoms with van der Waals surface area (Å²) in [6, 6.07) is 0. The van der Waals surface area contributed by atoms with Crippen LogP contribution in [0.5, 0.6) is 0 Å². The molecule has 0 aliphatic carbocycles. The van der Waals surface area contributed by atoms with Crippen LogP contribution in [0.25, 0.3) is 0 Å². The summed E-state index contributed by atoms with van der Waals surface area (Å²) in [6.45, 7) is 5.30. The lowest BCUT2D eigenvalue weighted by Crippen LogP contribution is -2.37. The summed E-state index contributed by atoms with van der Waals surface area (Å²) in [5.41, 5.74) is 0. The third-order valence-electron chi connectivity index (χ3n) is 4.47. The van der Waals surface area contributed by atoms with Gasteiger partial charge in [0.1, 0.15) is 6.61 Å². The van der Waals surface area contributed by atoms with Crippen molar-refractivity contribution in [3.05, 3.63) is 0 Å². The molecule has 0 aromatic heterocycles. The van der Waals surface area contributed by atoms with E-state index >= 15 is 0 Å². The fourth-order valence-corrected chi connectivity index (χ4v) is 2.49. The first-order valence-electron chi connectivity index (χ1n) is 11.9. The van der Waals surface area contributed by atoms with Gasteiger partial charge >= 0.3 is 6.09 Å². The molecule has 0 bridgehead atoms. The SMILES string of the molecule is CCC(CO)OC(COC(=O)NCCC(=O)NCCNC(=O)CCOCCOCCNC(C)=O)OC. The lowest BCUT2D eigenvalue weighted by atomic mass is 10.3. The number of aliphatic hydroxyl groups excluding tert-OH is 1. The number of nitrogens with one attached hydrogen (secondary N) is 4. The van der Waals surface area contributed by atoms with Gasteiger partial charge < -0.3 is 50.1 Å². The van der Waals surface area contributed by atoms with Crippen molar-refractivity contribution in [1.29, 1.82) is 0 Å². The van der Waals surface area contributed by atoms with E-state index in [2.05, 4.69) is 21.3 Å². The Morgan fingerprint density at radius 3 is 2.03 bits per heavy atom. The number of carbonyl (C=O) groups is 4. The van der Waals surface area contributed by atoms with Gasteiger partial charge in [-0.25, -0.2) is 4.79 Å². The zero-order valence-electron chi connectivity index (χ0n) is 21.5. The first kappa shape index (κ1) is 33.5. The molecule has 36 heavy (non-hydrogen) atoms. The maximum atomic E-state index is 11.8. The van der Waals surface area contributed by atoms with Crippen LogP contribution in [0.2, 0.25) is 0 Å². The molecular formula is C22H42N4O10. The van der Waals surface area contributed by atoms with Crippen LogP contribution < -0.4 is 21.3 Å². The Kier molecular flexibility index (Phi) is 21.3. The second-order valence-electron chi connectivity index (χ2n) is 7.45. The summed E-state index contributed by atoms with van der Waals surface area (Å²) in [5, 5.41) is 19.5. The highest BCUT2D eigenvalue weighted by molar-refractivity contribution is 5.77. The fraction of sp³-hybridized carbons (Fsp3) is 0.818. The van der Waals surface area contributed by atoms with Crippen molar-refractivity contribution in [3.63, 3.8) is 0 Å². The predicted molar refractivity (Wildman–Crippen MR) is 128 cm³/mol. The van der Waals surface area contributed by atoms with Gasteiger partial charge in [0.2, 0.25) is 17.7 Å². The zero-order valence-corrected chi connectivity index (χ0v) is 21.5. The van der Waals surface area contributed by atoms with E-state index in [1.807, 2.05) is 6.92 Å². The molecular weight excluding hydrogens is 480 g/mol.